The molecule has 2 aliphatic heterocycles. The van der Waals surface area contributed by atoms with Crippen LogP contribution in [0.2, 0.25) is 0 Å². The molecule has 0 radical (unpaired) electrons. The smallest absolute Gasteiger partial charge is 0.246 e. The van der Waals surface area contributed by atoms with Crippen LogP contribution in [-0.2, 0) is 0 Å². The normalized spacial score (nSPS) is 18.1. The number of hydrogen-bond acceptors (Lipinski definition) is 5. The first-order chi connectivity index (χ1) is 15.4. The molecule has 0 saturated carbocycles. The molecule has 2 saturated heterocycles. The van der Waals surface area contributed by atoms with Crippen LogP contribution < -0.4 is 10.2 Å². The van der Waals surface area contributed by atoms with Crippen molar-refractivity contribution in [3.05, 3.63) is 59.9 Å². The quantitative estimate of drug-likeness (QED) is 0.630. The molecule has 2 fully saturated rings. The highest BCUT2D eigenvalue weighted by molar-refractivity contribution is 5.65. The van der Waals surface area contributed by atoms with Crippen molar-refractivity contribution >= 4 is 17.3 Å². The number of halogens is 3. The Hall–Kier alpha value is -3.07. The van der Waals surface area contributed by atoms with Gasteiger partial charge in [0, 0.05) is 51.1 Å². The molecule has 0 aliphatic carbocycles. The van der Waals surface area contributed by atoms with Gasteiger partial charge in [0.1, 0.15) is 24.1 Å². The molecule has 3 heterocycles. The first-order valence-electron chi connectivity index (χ1n) is 10.8. The SMILES string of the molecule is Cc1cc(Nc2ncn(-c3cc(F)cc(F)c3)n2)cc(N2CC(N3CCC(F)CC3)C2)c1.[HH]. The second kappa shape index (κ2) is 8.46. The lowest BCUT2D eigenvalue weighted by Gasteiger charge is -2.48. The molecule has 0 unspecified atom stereocenters. The van der Waals surface area contributed by atoms with Gasteiger partial charge in [-0.15, -0.1) is 5.10 Å². The van der Waals surface area contributed by atoms with E-state index in [1.54, 1.807) is 0 Å². The Morgan fingerprint density at radius 3 is 2.41 bits per heavy atom. The van der Waals surface area contributed by atoms with Crippen molar-refractivity contribution in [3.8, 4) is 5.69 Å². The molecular formula is C23H27F3N6. The van der Waals surface area contributed by atoms with Crippen LogP contribution in [0.5, 0.6) is 0 Å². The molecular weight excluding hydrogens is 417 g/mol. The zero-order valence-corrected chi connectivity index (χ0v) is 17.8. The van der Waals surface area contributed by atoms with Gasteiger partial charge in [0.2, 0.25) is 5.95 Å². The van der Waals surface area contributed by atoms with Gasteiger partial charge in [-0.3, -0.25) is 4.90 Å². The minimum absolute atomic E-state index is 0. The predicted molar refractivity (Wildman–Crippen MR) is 120 cm³/mol. The molecule has 2 aliphatic rings. The molecule has 1 aromatic heterocycles. The first-order valence-corrected chi connectivity index (χ1v) is 10.8. The number of rotatable bonds is 5. The van der Waals surface area contributed by atoms with E-state index >= 15 is 0 Å². The van der Waals surface area contributed by atoms with Crippen molar-refractivity contribution in [2.45, 2.75) is 32.0 Å². The van der Waals surface area contributed by atoms with Gasteiger partial charge in [0.15, 0.2) is 0 Å². The summed E-state index contributed by atoms with van der Waals surface area (Å²) in [5.41, 5.74) is 3.30. The highest BCUT2D eigenvalue weighted by Gasteiger charge is 2.34. The molecule has 5 rings (SSSR count). The van der Waals surface area contributed by atoms with Crippen LogP contribution in [0.1, 0.15) is 19.8 Å². The summed E-state index contributed by atoms with van der Waals surface area (Å²) in [6.07, 6.45) is 2.03. The fraction of sp³-hybridized carbons (Fsp3) is 0.391. The molecule has 0 bridgehead atoms. The van der Waals surface area contributed by atoms with Crippen LogP contribution in [0.25, 0.3) is 5.69 Å². The molecule has 0 atom stereocenters. The third-order valence-corrected chi connectivity index (χ3v) is 6.12. The summed E-state index contributed by atoms with van der Waals surface area (Å²) in [6, 6.07) is 9.86. The second-order valence-corrected chi connectivity index (χ2v) is 8.59. The van der Waals surface area contributed by atoms with E-state index in [9.17, 15) is 13.2 Å². The van der Waals surface area contributed by atoms with Crippen molar-refractivity contribution in [3.63, 3.8) is 0 Å². The van der Waals surface area contributed by atoms with E-state index in [0.717, 1.165) is 49.2 Å². The zero-order valence-electron chi connectivity index (χ0n) is 17.8. The highest BCUT2D eigenvalue weighted by Crippen LogP contribution is 2.30. The van der Waals surface area contributed by atoms with E-state index in [1.807, 2.05) is 19.1 Å². The van der Waals surface area contributed by atoms with Crippen LogP contribution in [0.3, 0.4) is 0 Å². The monoisotopic (exact) mass is 444 g/mol. The standard InChI is InChI=1S/C23H25F3N6.H2/c1-15-6-19(28-23-27-14-32(29-23)21-9-17(25)8-18(26)10-21)11-20(7-15)31-12-22(13-31)30-4-2-16(24)3-5-30;/h6-11,14,16,22H,2-5,12-13H2,1H3,(H,28,29);1H. The molecule has 1 N–H and O–H groups in total. The number of piperidine rings is 1. The van der Waals surface area contributed by atoms with E-state index in [0.29, 0.717) is 24.8 Å². The largest absolute Gasteiger partial charge is 0.368 e. The Morgan fingerprint density at radius 2 is 1.69 bits per heavy atom. The summed E-state index contributed by atoms with van der Waals surface area (Å²) in [5.74, 6) is -1.01. The maximum Gasteiger partial charge on any atom is 0.246 e. The van der Waals surface area contributed by atoms with E-state index in [1.165, 1.54) is 23.1 Å². The number of hydrogen-bond donors (Lipinski definition) is 1. The van der Waals surface area contributed by atoms with Gasteiger partial charge in [-0.05, 0) is 55.7 Å². The Balaban J connectivity index is 0.00000259. The lowest BCUT2D eigenvalue weighted by molar-refractivity contribution is 0.0963. The molecule has 9 heteroatoms. The third-order valence-electron chi connectivity index (χ3n) is 6.12. The minimum atomic E-state index is -0.671. The van der Waals surface area contributed by atoms with Crippen LogP contribution in [0.4, 0.5) is 30.5 Å². The van der Waals surface area contributed by atoms with Crippen molar-refractivity contribution < 1.29 is 14.6 Å². The Morgan fingerprint density at radius 1 is 0.969 bits per heavy atom. The number of likely N-dealkylation sites (tertiary alicyclic amines) is 1. The molecule has 0 spiro atoms. The number of aromatic nitrogens is 3. The Bertz CT molecular complexity index is 1090. The fourth-order valence-corrected chi connectivity index (χ4v) is 4.39. The van der Waals surface area contributed by atoms with Gasteiger partial charge in [0.05, 0.1) is 5.69 Å². The van der Waals surface area contributed by atoms with Gasteiger partial charge in [-0.1, -0.05) is 0 Å². The summed E-state index contributed by atoms with van der Waals surface area (Å²) in [4.78, 5) is 8.92. The molecule has 32 heavy (non-hydrogen) atoms. The van der Waals surface area contributed by atoms with E-state index in [-0.39, 0.29) is 7.11 Å². The average molecular weight is 445 g/mol. The maximum absolute atomic E-state index is 13.5. The van der Waals surface area contributed by atoms with E-state index in [2.05, 4.69) is 31.3 Å². The molecule has 6 nitrogen and oxygen atoms in total. The Kier molecular flexibility index (Phi) is 5.50. The van der Waals surface area contributed by atoms with Gasteiger partial charge < -0.3 is 10.2 Å². The van der Waals surface area contributed by atoms with Crippen molar-refractivity contribution in [2.24, 2.45) is 0 Å². The predicted octanol–water partition coefficient (Wildman–Crippen LogP) is 4.47. The number of nitrogens with one attached hydrogen (secondary N) is 1. The molecule has 0 amide bonds. The summed E-state index contributed by atoms with van der Waals surface area (Å²) in [6.45, 7) is 5.56. The molecule has 3 aromatic rings. The summed E-state index contributed by atoms with van der Waals surface area (Å²) < 4.78 is 41.7. The average Bonchev–Trinajstić information content (AvgIpc) is 3.16. The summed E-state index contributed by atoms with van der Waals surface area (Å²) >= 11 is 0. The van der Waals surface area contributed by atoms with Gasteiger partial charge >= 0.3 is 0 Å². The highest BCUT2D eigenvalue weighted by atomic mass is 19.1. The lowest BCUT2D eigenvalue weighted by atomic mass is 10.0. The van der Waals surface area contributed by atoms with Gasteiger partial charge in [0.25, 0.3) is 0 Å². The van der Waals surface area contributed by atoms with E-state index in [4.69, 9.17) is 0 Å². The number of nitrogens with zero attached hydrogens (tertiary/aromatic N) is 5. The van der Waals surface area contributed by atoms with Crippen LogP contribution in [-0.4, -0.2) is 58.1 Å². The number of benzene rings is 2. The number of alkyl halides is 1. The van der Waals surface area contributed by atoms with E-state index < -0.39 is 17.8 Å². The first kappa shape index (κ1) is 20.8. The number of aryl methyl sites for hydroxylation is 1. The van der Waals surface area contributed by atoms with Crippen LogP contribution in [0, 0.1) is 18.6 Å². The lowest BCUT2D eigenvalue weighted by Crippen LogP contribution is -2.61. The Labute approximate surface area is 186 Å². The molecule has 170 valence electrons. The zero-order chi connectivity index (χ0) is 22.2. The fourth-order valence-electron chi connectivity index (χ4n) is 4.39. The minimum Gasteiger partial charge on any atom is -0.368 e. The maximum atomic E-state index is 13.5. The topological polar surface area (TPSA) is 49.2 Å². The van der Waals surface area contributed by atoms with Gasteiger partial charge in [-0.25, -0.2) is 17.9 Å². The van der Waals surface area contributed by atoms with Crippen molar-refractivity contribution in [2.75, 3.05) is 36.4 Å². The second-order valence-electron chi connectivity index (χ2n) is 8.59. The molecule has 2 aromatic carbocycles. The third kappa shape index (κ3) is 4.43. The van der Waals surface area contributed by atoms with Gasteiger partial charge in [-0.2, -0.15) is 4.98 Å². The van der Waals surface area contributed by atoms with Crippen LogP contribution >= 0.6 is 0 Å². The van der Waals surface area contributed by atoms with Crippen molar-refractivity contribution in [1.82, 2.24) is 19.7 Å². The van der Waals surface area contributed by atoms with Crippen molar-refractivity contribution in [1.29, 1.82) is 0 Å². The number of anilines is 3. The summed E-state index contributed by atoms with van der Waals surface area (Å²) in [5, 5.41) is 7.46. The van der Waals surface area contributed by atoms with Crippen LogP contribution in [0.15, 0.2) is 42.7 Å². The summed E-state index contributed by atoms with van der Waals surface area (Å²) in [7, 11) is 0.